The minimum absolute atomic E-state index is 0.0103. The first-order valence-corrected chi connectivity index (χ1v) is 11.0. The summed E-state index contributed by atoms with van der Waals surface area (Å²) in [4.78, 5) is 53.8. The molecule has 0 N–H and O–H groups in total. The number of hydrogen-bond donors (Lipinski definition) is 0. The molecule has 1 aliphatic heterocycles. The molecule has 0 unspecified atom stereocenters. The molecule has 1 heterocycles. The molecule has 5 rings (SSSR count). The van der Waals surface area contributed by atoms with E-state index in [1.165, 1.54) is 13.0 Å². The molecule has 5 atom stereocenters. The SMILES string of the molecule is C[C@H](C(=O)c1ccccc1)N(C(=O)c1ccccc1Cl)N1C(=O)[C@H]2[C@H](C1=O)[C@H]1C=C[C@H]2C1. The molecule has 162 valence electrons. The number of imide groups is 1. The zero-order valence-corrected chi connectivity index (χ0v) is 18.1. The third kappa shape index (κ3) is 3.01. The Morgan fingerprint density at radius 3 is 2.09 bits per heavy atom. The highest BCUT2D eigenvalue weighted by Crippen LogP contribution is 2.53. The number of Topliss-reactive ketones (excluding diaryl/α,β-unsaturated/α-hetero) is 1. The van der Waals surface area contributed by atoms with Gasteiger partial charge in [-0.05, 0) is 37.3 Å². The Morgan fingerprint density at radius 1 is 0.938 bits per heavy atom. The maximum atomic E-state index is 13.6. The van der Waals surface area contributed by atoms with Gasteiger partial charge in [-0.15, -0.1) is 0 Å². The summed E-state index contributed by atoms with van der Waals surface area (Å²) in [5.74, 6) is -2.88. The Balaban J connectivity index is 1.57. The predicted molar refractivity (Wildman–Crippen MR) is 117 cm³/mol. The molecule has 0 spiro atoms. The topological polar surface area (TPSA) is 74.8 Å². The first-order valence-electron chi connectivity index (χ1n) is 10.6. The summed E-state index contributed by atoms with van der Waals surface area (Å²) in [6.45, 7) is 1.53. The van der Waals surface area contributed by atoms with Gasteiger partial charge >= 0.3 is 0 Å². The lowest BCUT2D eigenvalue weighted by molar-refractivity contribution is -0.157. The van der Waals surface area contributed by atoms with E-state index >= 15 is 0 Å². The van der Waals surface area contributed by atoms with Crippen LogP contribution in [0.15, 0.2) is 66.7 Å². The second-order valence-electron chi connectivity index (χ2n) is 8.52. The van der Waals surface area contributed by atoms with Crippen molar-refractivity contribution in [1.82, 2.24) is 10.0 Å². The molecule has 2 fully saturated rings. The Kier molecular flexibility index (Phi) is 4.97. The Hall–Kier alpha value is -3.25. The lowest BCUT2D eigenvalue weighted by Crippen LogP contribution is -2.57. The molecule has 3 amide bonds. The molecule has 2 aliphatic carbocycles. The van der Waals surface area contributed by atoms with Crippen LogP contribution in [0.25, 0.3) is 0 Å². The van der Waals surface area contributed by atoms with E-state index < -0.39 is 35.6 Å². The largest absolute Gasteiger partial charge is 0.292 e. The van der Waals surface area contributed by atoms with Crippen molar-refractivity contribution in [2.24, 2.45) is 23.7 Å². The van der Waals surface area contributed by atoms with Crippen molar-refractivity contribution in [3.05, 3.63) is 82.9 Å². The van der Waals surface area contributed by atoms with E-state index in [1.807, 2.05) is 12.2 Å². The molecule has 7 heteroatoms. The number of hydrazine groups is 1. The number of halogens is 1. The summed E-state index contributed by atoms with van der Waals surface area (Å²) >= 11 is 6.27. The molecule has 2 bridgehead atoms. The summed E-state index contributed by atoms with van der Waals surface area (Å²) < 4.78 is 0. The molecular formula is C25H21ClN2O4. The molecule has 32 heavy (non-hydrogen) atoms. The molecule has 0 radical (unpaired) electrons. The van der Waals surface area contributed by atoms with E-state index in [2.05, 4.69) is 0 Å². The van der Waals surface area contributed by atoms with Gasteiger partial charge in [-0.1, -0.05) is 66.2 Å². The molecule has 3 aliphatic rings. The first kappa shape index (κ1) is 20.6. The lowest BCUT2D eigenvalue weighted by Gasteiger charge is -2.35. The molecule has 2 aromatic carbocycles. The van der Waals surface area contributed by atoms with Crippen LogP contribution in [0.1, 0.15) is 34.1 Å². The summed E-state index contributed by atoms with van der Waals surface area (Å²) in [7, 11) is 0. The number of benzene rings is 2. The average molecular weight is 449 g/mol. The maximum Gasteiger partial charge on any atom is 0.275 e. The molecular weight excluding hydrogens is 428 g/mol. The van der Waals surface area contributed by atoms with Crippen LogP contribution in [0, 0.1) is 23.7 Å². The van der Waals surface area contributed by atoms with Gasteiger partial charge < -0.3 is 0 Å². The highest BCUT2D eigenvalue weighted by Gasteiger charge is 2.61. The number of fused-ring (bicyclic) bond motifs is 5. The number of hydrogen-bond acceptors (Lipinski definition) is 4. The maximum absolute atomic E-state index is 13.6. The normalized spacial score (nSPS) is 26.4. The number of carbonyl (C=O) groups is 4. The van der Waals surface area contributed by atoms with Crippen LogP contribution in [0.4, 0.5) is 0 Å². The number of allylic oxidation sites excluding steroid dienone is 2. The van der Waals surface area contributed by atoms with E-state index in [4.69, 9.17) is 11.6 Å². The standard InChI is InChI=1S/C25H21ClN2O4/c1-14(22(29)15-7-3-2-4-8-15)27(23(30)18-9-5-6-10-19(18)26)28-24(31)20-16-11-12-17(13-16)21(20)25(28)32/h2-12,14,16-17,20-21H,13H2,1H3/t14-,16+,17+,20-,21-/m1/s1. The minimum Gasteiger partial charge on any atom is -0.292 e. The molecule has 0 aromatic heterocycles. The minimum atomic E-state index is -1.08. The van der Waals surface area contributed by atoms with E-state index in [0.717, 1.165) is 16.4 Å². The quantitative estimate of drug-likeness (QED) is 0.396. The Labute approximate surface area is 190 Å². The average Bonchev–Trinajstić information content (AvgIpc) is 3.49. The van der Waals surface area contributed by atoms with Crippen molar-refractivity contribution < 1.29 is 19.2 Å². The van der Waals surface area contributed by atoms with Crippen LogP contribution >= 0.6 is 11.6 Å². The lowest BCUT2D eigenvalue weighted by atomic mass is 9.85. The van der Waals surface area contributed by atoms with E-state index in [0.29, 0.717) is 5.56 Å². The fourth-order valence-electron chi connectivity index (χ4n) is 5.25. The van der Waals surface area contributed by atoms with Crippen LogP contribution in [0.3, 0.4) is 0 Å². The third-order valence-electron chi connectivity index (χ3n) is 6.78. The number of nitrogens with zero attached hydrogens (tertiary/aromatic N) is 2. The van der Waals surface area contributed by atoms with Crippen molar-refractivity contribution >= 4 is 35.1 Å². The van der Waals surface area contributed by atoms with Crippen molar-refractivity contribution in [3.8, 4) is 0 Å². The van der Waals surface area contributed by atoms with Crippen LogP contribution in [0.5, 0.6) is 0 Å². The Bertz CT molecular complexity index is 1130. The first-order chi connectivity index (χ1) is 15.4. The van der Waals surface area contributed by atoms with Crippen LogP contribution < -0.4 is 0 Å². The van der Waals surface area contributed by atoms with Gasteiger partial charge in [-0.3, -0.25) is 19.2 Å². The predicted octanol–water partition coefficient (Wildman–Crippen LogP) is 3.78. The van der Waals surface area contributed by atoms with Crippen LogP contribution in [-0.2, 0) is 9.59 Å². The smallest absolute Gasteiger partial charge is 0.275 e. The third-order valence-corrected chi connectivity index (χ3v) is 7.11. The monoisotopic (exact) mass is 448 g/mol. The number of carbonyl (C=O) groups excluding carboxylic acids is 4. The van der Waals surface area contributed by atoms with Crippen LogP contribution in [-0.4, -0.2) is 39.6 Å². The van der Waals surface area contributed by atoms with Crippen molar-refractivity contribution in [2.45, 2.75) is 19.4 Å². The zero-order valence-electron chi connectivity index (χ0n) is 17.4. The molecule has 1 saturated carbocycles. The van der Waals surface area contributed by atoms with E-state index in [1.54, 1.807) is 48.5 Å². The fourth-order valence-corrected chi connectivity index (χ4v) is 5.47. The molecule has 2 aromatic rings. The van der Waals surface area contributed by atoms with Gasteiger partial charge in [0.15, 0.2) is 5.78 Å². The fraction of sp³-hybridized carbons (Fsp3) is 0.280. The summed E-state index contributed by atoms with van der Waals surface area (Å²) in [6, 6.07) is 13.8. The summed E-state index contributed by atoms with van der Waals surface area (Å²) in [5, 5.41) is 2.11. The second kappa shape index (κ2) is 7.71. The molecule has 6 nitrogen and oxygen atoms in total. The van der Waals surface area contributed by atoms with Crippen molar-refractivity contribution in [1.29, 1.82) is 0 Å². The van der Waals surface area contributed by atoms with Crippen molar-refractivity contribution in [3.63, 3.8) is 0 Å². The highest BCUT2D eigenvalue weighted by atomic mass is 35.5. The van der Waals surface area contributed by atoms with Crippen molar-refractivity contribution in [2.75, 3.05) is 0 Å². The van der Waals surface area contributed by atoms with Gasteiger partial charge in [-0.25, -0.2) is 5.01 Å². The number of rotatable bonds is 5. The summed E-state index contributed by atoms with van der Waals surface area (Å²) in [5.41, 5.74) is 0.513. The van der Waals surface area contributed by atoms with E-state index in [-0.39, 0.29) is 28.2 Å². The van der Waals surface area contributed by atoms with Crippen LogP contribution in [0.2, 0.25) is 5.02 Å². The van der Waals surface area contributed by atoms with Gasteiger partial charge in [0.25, 0.3) is 17.7 Å². The van der Waals surface area contributed by atoms with Gasteiger partial charge in [0.05, 0.1) is 22.4 Å². The number of amides is 3. The number of ketones is 1. The van der Waals surface area contributed by atoms with E-state index in [9.17, 15) is 19.2 Å². The Morgan fingerprint density at radius 2 is 1.50 bits per heavy atom. The van der Waals surface area contributed by atoms with Gasteiger partial charge in [-0.2, -0.15) is 5.01 Å². The van der Waals surface area contributed by atoms with Gasteiger partial charge in [0, 0.05) is 5.56 Å². The second-order valence-corrected chi connectivity index (χ2v) is 8.93. The highest BCUT2D eigenvalue weighted by molar-refractivity contribution is 6.34. The summed E-state index contributed by atoms with van der Waals surface area (Å²) in [6.07, 6.45) is 4.75. The molecule has 1 saturated heterocycles. The van der Waals surface area contributed by atoms with Gasteiger partial charge in [0.1, 0.15) is 6.04 Å². The van der Waals surface area contributed by atoms with Gasteiger partial charge in [0.2, 0.25) is 0 Å². The zero-order chi connectivity index (χ0) is 22.6.